The zero-order chi connectivity index (χ0) is 12.4. The molecule has 0 aromatic rings. The van der Waals surface area contributed by atoms with E-state index in [-0.39, 0.29) is 17.7 Å². The van der Waals surface area contributed by atoms with Gasteiger partial charge < -0.3 is 5.11 Å². The topological polar surface area (TPSA) is 74.7 Å². The molecule has 1 N–H and O–H groups in total. The van der Waals surface area contributed by atoms with Gasteiger partial charge in [0.15, 0.2) is 0 Å². The summed E-state index contributed by atoms with van der Waals surface area (Å²) < 4.78 is 0. The van der Waals surface area contributed by atoms with Gasteiger partial charge in [-0.2, -0.15) is 0 Å². The van der Waals surface area contributed by atoms with E-state index in [9.17, 15) is 14.4 Å². The lowest BCUT2D eigenvalue weighted by molar-refractivity contribution is -0.157. The van der Waals surface area contributed by atoms with Gasteiger partial charge in [-0.15, -0.1) is 0 Å². The van der Waals surface area contributed by atoms with Gasteiger partial charge in [-0.05, 0) is 11.8 Å². The summed E-state index contributed by atoms with van der Waals surface area (Å²) in [5.74, 6) is -1.15. The van der Waals surface area contributed by atoms with Crippen LogP contribution in [0.15, 0.2) is 0 Å². The number of carboxylic acids is 1. The van der Waals surface area contributed by atoms with Crippen molar-refractivity contribution in [3.63, 3.8) is 0 Å². The first kappa shape index (κ1) is 12.1. The number of rotatable bonds is 3. The number of piperidine rings is 1. The Morgan fingerprint density at radius 1 is 1.12 bits per heavy atom. The molecule has 2 amide bonds. The van der Waals surface area contributed by atoms with Crippen molar-refractivity contribution in [3.8, 4) is 0 Å². The van der Waals surface area contributed by atoms with Crippen LogP contribution in [0.3, 0.4) is 0 Å². The van der Waals surface area contributed by atoms with Crippen molar-refractivity contribution >= 4 is 17.8 Å². The highest BCUT2D eigenvalue weighted by molar-refractivity contribution is 6.00. The first-order chi connectivity index (χ1) is 8.08. The molecule has 5 nitrogen and oxygen atoms in total. The van der Waals surface area contributed by atoms with Gasteiger partial charge in [0.05, 0.1) is 0 Å². The fraction of sp³-hybridized carbons (Fsp3) is 0.750. The normalized spacial score (nSPS) is 23.4. The summed E-state index contributed by atoms with van der Waals surface area (Å²) in [7, 11) is 0. The number of nitrogens with zero attached hydrogens (tertiary/aromatic N) is 1. The highest BCUT2D eigenvalue weighted by Gasteiger charge is 2.37. The van der Waals surface area contributed by atoms with Crippen molar-refractivity contribution in [2.24, 2.45) is 11.8 Å². The van der Waals surface area contributed by atoms with Crippen LogP contribution in [0.5, 0.6) is 0 Å². The average Bonchev–Trinajstić information content (AvgIpc) is 2.76. The monoisotopic (exact) mass is 239 g/mol. The SMILES string of the molecule is O=C(O)CN1C(=O)CC(C2CCCC2)CC1=O. The predicted octanol–water partition coefficient (Wildman–Crippen LogP) is 1.03. The number of amides is 2. The van der Waals surface area contributed by atoms with Crippen molar-refractivity contribution < 1.29 is 19.5 Å². The van der Waals surface area contributed by atoms with E-state index < -0.39 is 12.5 Å². The Morgan fingerprint density at radius 2 is 1.65 bits per heavy atom. The molecular weight excluding hydrogens is 222 g/mol. The van der Waals surface area contributed by atoms with Crippen LogP contribution in [0.2, 0.25) is 0 Å². The van der Waals surface area contributed by atoms with Gasteiger partial charge in [0.1, 0.15) is 6.54 Å². The number of carbonyl (C=O) groups excluding carboxylic acids is 2. The maximum Gasteiger partial charge on any atom is 0.323 e. The van der Waals surface area contributed by atoms with Gasteiger partial charge in [0.25, 0.3) is 0 Å². The molecule has 0 radical (unpaired) electrons. The van der Waals surface area contributed by atoms with Crippen LogP contribution in [0.1, 0.15) is 38.5 Å². The molecule has 2 rings (SSSR count). The molecule has 2 fully saturated rings. The van der Waals surface area contributed by atoms with E-state index in [2.05, 4.69) is 0 Å². The fourth-order valence-corrected chi connectivity index (χ4v) is 2.95. The molecule has 94 valence electrons. The maximum atomic E-state index is 11.7. The van der Waals surface area contributed by atoms with Gasteiger partial charge in [-0.25, -0.2) is 0 Å². The molecule has 1 aliphatic heterocycles. The third-order valence-electron chi connectivity index (χ3n) is 3.84. The first-order valence-corrected chi connectivity index (χ1v) is 6.13. The summed E-state index contributed by atoms with van der Waals surface area (Å²) >= 11 is 0. The third kappa shape index (κ3) is 2.65. The number of carbonyl (C=O) groups is 3. The van der Waals surface area contributed by atoms with Crippen LogP contribution in [0, 0.1) is 11.8 Å². The summed E-state index contributed by atoms with van der Waals surface area (Å²) in [5.41, 5.74) is 0. The van der Waals surface area contributed by atoms with Crippen molar-refractivity contribution in [2.45, 2.75) is 38.5 Å². The van der Waals surface area contributed by atoms with Crippen molar-refractivity contribution in [1.29, 1.82) is 0 Å². The molecule has 0 spiro atoms. The standard InChI is InChI=1S/C12H17NO4/c14-10-5-9(8-3-1-2-4-8)6-11(15)13(10)7-12(16)17/h8-9H,1-7H2,(H,16,17). The molecule has 0 unspecified atom stereocenters. The third-order valence-corrected chi connectivity index (χ3v) is 3.84. The van der Waals surface area contributed by atoms with E-state index in [4.69, 9.17) is 5.11 Å². The summed E-state index contributed by atoms with van der Waals surface area (Å²) in [4.78, 5) is 34.9. The molecule has 0 aromatic carbocycles. The molecule has 1 aliphatic carbocycles. The van der Waals surface area contributed by atoms with Crippen LogP contribution in [0.25, 0.3) is 0 Å². The Kier molecular flexibility index (Phi) is 3.45. The summed E-state index contributed by atoms with van der Waals surface area (Å²) in [5, 5.41) is 8.63. The van der Waals surface area contributed by atoms with Crippen molar-refractivity contribution in [3.05, 3.63) is 0 Å². The second-order valence-corrected chi connectivity index (χ2v) is 4.98. The second kappa shape index (κ2) is 4.85. The van der Waals surface area contributed by atoms with Gasteiger partial charge in [-0.1, -0.05) is 25.7 Å². The Labute approximate surface area is 99.8 Å². The molecule has 0 bridgehead atoms. The molecule has 1 heterocycles. The highest BCUT2D eigenvalue weighted by Crippen LogP contribution is 2.37. The van der Waals surface area contributed by atoms with Crippen molar-refractivity contribution in [1.82, 2.24) is 4.90 Å². The molecule has 5 heteroatoms. The van der Waals surface area contributed by atoms with E-state index in [0.29, 0.717) is 18.8 Å². The molecule has 1 saturated heterocycles. The average molecular weight is 239 g/mol. The van der Waals surface area contributed by atoms with E-state index in [1.807, 2.05) is 0 Å². The summed E-state index contributed by atoms with van der Waals surface area (Å²) in [6.07, 6.45) is 5.24. The zero-order valence-corrected chi connectivity index (χ0v) is 9.72. The highest BCUT2D eigenvalue weighted by atomic mass is 16.4. The Morgan fingerprint density at radius 3 is 2.12 bits per heavy atom. The van der Waals surface area contributed by atoms with E-state index in [1.165, 1.54) is 12.8 Å². The van der Waals surface area contributed by atoms with E-state index in [1.54, 1.807) is 0 Å². The Hall–Kier alpha value is -1.39. The first-order valence-electron chi connectivity index (χ1n) is 6.13. The van der Waals surface area contributed by atoms with Crippen LogP contribution < -0.4 is 0 Å². The zero-order valence-electron chi connectivity index (χ0n) is 9.72. The minimum absolute atomic E-state index is 0.141. The smallest absolute Gasteiger partial charge is 0.323 e. The van der Waals surface area contributed by atoms with Gasteiger partial charge in [-0.3, -0.25) is 19.3 Å². The van der Waals surface area contributed by atoms with Gasteiger partial charge in [0.2, 0.25) is 11.8 Å². The quantitative estimate of drug-likeness (QED) is 0.746. The van der Waals surface area contributed by atoms with E-state index >= 15 is 0 Å². The van der Waals surface area contributed by atoms with Crippen LogP contribution >= 0.6 is 0 Å². The summed E-state index contributed by atoms with van der Waals surface area (Å²) in [6.45, 7) is -0.491. The van der Waals surface area contributed by atoms with Gasteiger partial charge in [0, 0.05) is 12.8 Å². The maximum absolute atomic E-state index is 11.7. The fourth-order valence-electron chi connectivity index (χ4n) is 2.95. The van der Waals surface area contributed by atoms with E-state index in [0.717, 1.165) is 17.7 Å². The molecule has 2 aliphatic rings. The molecule has 17 heavy (non-hydrogen) atoms. The molecule has 0 aromatic heterocycles. The minimum Gasteiger partial charge on any atom is -0.480 e. The lowest BCUT2D eigenvalue weighted by Gasteiger charge is -2.32. The lowest BCUT2D eigenvalue weighted by atomic mass is 9.82. The lowest BCUT2D eigenvalue weighted by Crippen LogP contribution is -2.46. The Bertz CT molecular complexity index is 328. The molecular formula is C12H17NO4. The number of aliphatic carboxylic acids is 1. The molecule has 0 atom stereocenters. The number of imide groups is 1. The minimum atomic E-state index is -1.13. The van der Waals surface area contributed by atoms with Crippen LogP contribution in [-0.4, -0.2) is 34.3 Å². The number of carboxylic acid groups (broad SMARTS) is 1. The Balaban J connectivity index is 1.99. The van der Waals surface area contributed by atoms with Crippen molar-refractivity contribution in [2.75, 3.05) is 6.54 Å². The number of likely N-dealkylation sites (tertiary alicyclic amines) is 1. The van der Waals surface area contributed by atoms with Crippen LogP contribution in [0.4, 0.5) is 0 Å². The summed E-state index contributed by atoms with van der Waals surface area (Å²) in [6, 6.07) is 0. The number of hydrogen-bond donors (Lipinski definition) is 1. The predicted molar refractivity (Wildman–Crippen MR) is 59.0 cm³/mol. The molecule has 1 saturated carbocycles. The largest absolute Gasteiger partial charge is 0.480 e. The van der Waals surface area contributed by atoms with Gasteiger partial charge >= 0.3 is 5.97 Å². The number of hydrogen-bond acceptors (Lipinski definition) is 3. The second-order valence-electron chi connectivity index (χ2n) is 4.98. The van der Waals surface area contributed by atoms with Crippen LogP contribution in [-0.2, 0) is 14.4 Å².